The highest BCUT2D eigenvalue weighted by atomic mass is 19.3. The van der Waals surface area contributed by atoms with Crippen molar-refractivity contribution in [2.75, 3.05) is 29.6 Å². The summed E-state index contributed by atoms with van der Waals surface area (Å²) in [4.78, 5) is 18.6. The predicted octanol–water partition coefficient (Wildman–Crippen LogP) is 3.46. The minimum Gasteiger partial charge on any atom is -0.396 e. The Kier molecular flexibility index (Phi) is 5.72. The number of rotatable bonds is 6. The molecule has 0 radical (unpaired) electrons. The number of alkyl halides is 2. The molecule has 0 unspecified atom stereocenters. The zero-order valence-corrected chi connectivity index (χ0v) is 16.9. The number of aromatic nitrogens is 1. The molecule has 4 rings (SSSR count). The van der Waals surface area contributed by atoms with Gasteiger partial charge in [-0.1, -0.05) is 12.1 Å². The summed E-state index contributed by atoms with van der Waals surface area (Å²) in [5, 5.41) is 2.65. The second kappa shape index (κ2) is 8.48. The number of likely N-dealkylation sites (tertiary alicyclic amines) is 1. The summed E-state index contributed by atoms with van der Waals surface area (Å²) in [7, 11) is 0. The highest BCUT2D eigenvalue weighted by molar-refractivity contribution is 6.05. The van der Waals surface area contributed by atoms with Crippen LogP contribution in [0.25, 0.3) is 11.3 Å². The first-order valence-corrected chi connectivity index (χ1v) is 9.78. The molecule has 2 aromatic carbocycles. The number of carbonyl (C=O) groups is 1. The number of carbonyl (C=O) groups excluding carboxylic acids is 1. The molecule has 10 heteroatoms. The fourth-order valence-electron chi connectivity index (χ4n) is 3.47. The highest BCUT2D eigenvalue weighted by Gasteiger charge is 2.43. The number of nitrogens with one attached hydrogen (secondary N) is 2. The van der Waals surface area contributed by atoms with Crippen LogP contribution in [0.4, 0.5) is 30.4 Å². The van der Waals surface area contributed by atoms with Crippen LogP contribution in [-0.2, 0) is 6.54 Å². The Labute approximate surface area is 182 Å². The largest absolute Gasteiger partial charge is 0.396 e. The Hall–Kier alpha value is -3.63. The van der Waals surface area contributed by atoms with E-state index >= 15 is 0 Å². The van der Waals surface area contributed by atoms with Crippen LogP contribution in [0.3, 0.4) is 0 Å². The van der Waals surface area contributed by atoms with Gasteiger partial charge in [0.05, 0.1) is 30.0 Å². The van der Waals surface area contributed by atoms with E-state index in [1.165, 1.54) is 18.2 Å². The van der Waals surface area contributed by atoms with Crippen LogP contribution in [0.2, 0.25) is 0 Å². The van der Waals surface area contributed by atoms with Crippen LogP contribution >= 0.6 is 0 Å². The first-order valence-electron chi connectivity index (χ1n) is 9.78. The van der Waals surface area contributed by atoms with Gasteiger partial charge in [0, 0.05) is 17.8 Å². The number of hydrogen-bond acceptors (Lipinski definition) is 6. The van der Waals surface area contributed by atoms with Crippen LogP contribution in [0, 0.1) is 5.82 Å². The van der Waals surface area contributed by atoms with Crippen LogP contribution in [0.1, 0.15) is 15.9 Å². The zero-order valence-electron chi connectivity index (χ0n) is 16.9. The lowest BCUT2D eigenvalue weighted by molar-refractivity contribution is -0.133. The van der Waals surface area contributed by atoms with Crippen molar-refractivity contribution in [2.45, 2.75) is 12.5 Å². The van der Waals surface area contributed by atoms with Gasteiger partial charge in [-0.3, -0.25) is 9.69 Å². The Bertz CT molecular complexity index is 1140. The Morgan fingerprint density at radius 3 is 2.47 bits per heavy atom. The molecule has 1 aliphatic heterocycles. The molecule has 6 N–H and O–H groups in total. The van der Waals surface area contributed by atoms with Crippen molar-refractivity contribution in [3.8, 4) is 11.3 Å². The number of benzene rings is 2. The monoisotopic (exact) mass is 442 g/mol. The molecular formula is C22H21F3N6O. The van der Waals surface area contributed by atoms with Gasteiger partial charge in [0.25, 0.3) is 11.8 Å². The summed E-state index contributed by atoms with van der Waals surface area (Å²) in [6, 6.07) is 14.1. The predicted molar refractivity (Wildman–Crippen MR) is 116 cm³/mol. The first kappa shape index (κ1) is 21.6. The van der Waals surface area contributed by atoms with E-state index in [2.05, 4.69) is 15.7 Å². The van der Waals surface area contributed by atoms with E-state index in [9.17, 15) is 18.0 Å². The first-order chi connectivity index (χ1) is 15.2. The van der Waals surface area contributed by atoms with Crippen molar-refractivity contribution < 1.29 is 18.0 Å². The van der Waals surface area contributed by atoms with E-state index < -0.39 is 17.6 Å². The molecular weight excluding hydrogens is 421 g/mol. The number of anilines is 3. The lowest BCUT2D eigenvalue weighted by Gasteiger charge is -2.38. The molecule has 7 nitrogen and oxygen atoms in total. The standard InChI is InChI=1S/C22H21F3N6O/c23-17-6-3-14(19-8-7-18(26)20(29-19)30-27)9-16(17)21(32)28-15-4-1-13(2-5-15)10-31-11-22(24,25)12-31/h1-9H,10-12,26-27H2,(H,28,32)(H,29,30). The van der Waals surface area contributed by atoms with E-state index in [0.717, 1.165) is 5.56 Å². The van der Waals surface area contributed by atoms with Crippen LogP contribution in [0.5, 0.6) is 0 Å². The average Bonchev–Trinajstić information content (AvgIpc) is 2.74. The van der Waals surface area contributed by atoms with Crippen LogP contribution in [-0.4, -0.2) is 34.8 Å². The molecule has 166 valence electrons. The minimum absolute atomic E-state index is 0.157. The molecule has 3 aromatic rings. The van der Waals surface area contributed by atoms with Gasteiger partial charge in [0.1, 0.15) is 5.82 Å². The average molecular weight is 442 g/mol. The van der Waals surface area contributed by atoms with Crippen LogP contribution < -0.4 is 22.3 Å². The van der Waals surface area contributed by atoms with E-state index in [0.29, 0.717) is 29.2 Å². The van der Waals surface area contributed by atoms with E-state index in [1.54, 1.807) is 41.3 Å². The molecule has 2 heterocycles. The van der Waals surface area contributed by atoms with Crippen molar-refractivity contribution in [1.82, 2.24) is 9.88 Å². The van der Waals surface area contributed by atoms with Gasteiger partial charge in [-0.2, -0.15) is 0 Å². The van der Waals surface area contributed by atoms with Gasteiger partial charge >= 0.3 is 0 Å². The summed E-state index contributed by atoms with van der Waals surface area (Å²) in [5.74, 6) is 1.72. The topological polar surface area (TPSA) is 109 Å². The number of nitrogens with zero attached hydrogens (tertiary/aromatic N) is 2. The molecule has 1 amide bonds. The lowest BCUT2D eigenvalue weighted by atomic mass is 10.1. The molecule has 1 aliphatic rings. The second-order valence-corrected chi connectivity index (χ2v) is 7.63. The van der Waals surface area contributed by atoms with Gasteiger partial charge in [-0.25, -0.2) is 24.0 Å². The fraction of sp³-hybridized carbons (Fsp3) is 0.182. The van der Waals surface area contributed by atoms with Crippen molar-refractivity contribution in [3.05, 3.63) is 71.5 Å². The van der Waals surface area contributed by atoms with Gasteiger partial charge in [0.15, 0.2) is 5.82 Å². The number of halogens is 3. The summed E-state index contributed by atoms with van der Waals surface area (Å²) >= 11 is 0. The minimum atomic E-state index is -2.61. The number of nitrogen functional groups attached to an aromatic ring is 2. The number of amides is 1. The SMILES string of the molecule is NNc1nc(-c2ccc(F)c(C(=O)Nc3ccc(CN4CC(F)(F)C4)cc3)c2)ccc1N. The summed E-state index contributed by atoms with van der Waals surface area (Å²) in [6.07, 6.45) is 0. The third-order valence-corrected chi connectivity index (χ3v) is 5.10. The summed E-state index contributed by atoms with van der Waals surface area (Å²) < 4.78 is 40.3. The molecule has 0 bridgehead atoms. The Morgan fingerprint density at radius 1 is 1.09 bits per heavy atom. The number of nitrogens with two attached hydrogens (primary N) is 2. The van der Waals surface area contributed by atoms with Crippen molar-refractivity contribution in [1.29, 1.82) is 0 Å². The third kappa shape index (κ3) is 4.66. The number of hydrogen-bond donors (Lipinski definition) is 4. The fourth-order valence-corrected chi connectivity index (χ4v) is 3.47. The lowest BCUT2D eigenvalue weighted by Crippen LogP contribution is -2.55. The third-order valence-electron chi connectivity index (χ3n) is 5.10. The van der Waals surface area contributed by atoms with Crippen molar-refractivity contribution in [2.24, 2.45) is 5.84 Å². The van der Waals surface area contributed by atoms with Crippen LogP contribution in [0.15, 0.2) is 54.6 Å². The summed E-state index contributed by atoms with van der Waals surface area (Å²) in [6.45, 7) is -0.117. The quantitative estimate of drug-likeness (QED) is 0.344. The molecule has 0 atom stereocenters. The van der Waals surface area contributed by atoms with Crippen molar-refractivity contribution >= 4 is 23.1 Å². The summed E-state index contributed by atoms with van der Waals surface area (Å²) in [5.41, 5.74) is 10.6. The van der Waals surface area contributed by atoms with Crippen molar-refractivity contribution in [3.63, 3.8) is 0 Å². The van der Waals surface area contributed by atoms with E-state index in [1.807, 2.05) is 0 Å². The van der Waals surface area contributed by atoms with Gasteiger partial charge in [-0.05, 0) is 48.0 Å². The van der Waals surface area contributed by atoms with Gasteiger partial charge in [-0.15, -0.1) is 0 Å². The number of hydrazine groups is 1. The molecule has 0 spiro atoms. The normalized spacial score (nSPS) is 15.1. The van der Waals surface area contributed by atoms with Gasteiger partial charge < -0.3 is 16.5 Å². The maximum absolute atomic E-state index is 14.4. The maximum atomic E-state index is 14.4. The second-order valence-electron chi connectivity index (χ2n) is 7.63. The molecule has 32 heavy (non-hydrogen) atoms. The molecule has 0 aliphatic carbocycles. The van der Waals surface area contributed by atoms with E-state index in [-0.39, 0.29) is 24.5 Å². The van der Waals surface area contributed by atoms with E-state index in [4.69, 9.17) is 11.6 Å². The highest BCUT2D eigenvalue weighted by Crippen LogP contribution is 2.28. The Morgan fingerprint density at radius 2 is 1.81 bits per heavy atom. The molecule has 1 saturated heterocycles. The zero-order chi connectivity index (χ0) is 22.9. The molecule has 1 aromatic heterocycles. The van der Waals surface area contributed by atoms with Gasteiger partial charge in [0.2, 0.25) is 0 Å². The maximum Gasteiger partial charge on any atom is 0.272 e. The molecule has 1 fully saturated rings. The Balaban J connectivity index is 1.47. The molecule has 0 saturated carbocycles. The number of pyridine rings is 1. The smallest absolute Gasteiger partial charge is 0.272 e.